The maximum Gasteiger partial charge on any atom is 0.335 e. The fourth-order valence-electron chi connectivity index (χ4n) is 1.52. The zero-order valence-electron chi connectivity index (χ0n) is 11.9. The summed E-state index contributed by atoms with van der Waals surface area (Å²) in [6.07, 6.45) is 5.17. The van der Waals surface area contributed by atoms with Crippen LogP contribution in [0, 0.1) is 12.3 Å². The number of benzene rings is 2. The van der Waals surface area contributed by atoms with E-state index in [1.165, 1.54) is 18.2 Å². The zero-order chi connectivity index (χ0) is 16.5. The topological polar surface area (TPSA) is 86.6 Å². The van der Waals surface area contributed by atoms with Crippen LogP contribution < -0.4 is 5.32 Å². The van der Waals surface area contributed by atoms with Crippen molar-refractivity contribution in [2.45, 2.75) is 0 Å². The summed E-state index contributed by atoms with van der Waals surface area (Å²) >= 11 is 0. The number of carboxylic acid groups (broad SMARTS) is 2. The van der Waals surface area contributed by atoms with Crippen LogP contribution in [0.3, 0.4) is 0 Å². The minimum absolute atomic E-state index is 0.0186. The molecule has 2 rings (SSSR count). The van der Waals surface area contributed by atoms with Crippen molar-refractivity contribution in [1.82, 2.24) is 0 Å². The molecule has 0 aromatic heterocycles. The molecule has 3 N–H and O–H groups in total. The predicted octanol–water partition coefficient (Wildman–Crippen LogP) is 2.79. The number of aromatic carboxylic acids is 2. The average molecular weight is 297 g/mol. The van der Waals surface area contributed by atoms with Crippen molar-refractivity contribution in [1.29, 1.82) is 0 Å². The molecule has 2 aromatic rings. The summed E-state index contributed by atoms with van der Waals surface area (Å²) in [5, 5.41) is 20.0. The molecular weight excluding hydrogens is 282 g/mol. The molecule has 0 atom stereocenters. The van der Waals surface area contributed by atoms with Gasteiger partial charge in [-0.25, -0.2) is 9.59 Å². The molecule has 0 saturated heterocycles. The van der Waals surface area contributed by atoms with E-state index in [0.29, 0.717) is 0 Å². The normalized spacial score (nSPS) is 8.91. The monoisotopic (exact) mass is 297 g/mol. The van der Waals surface area contributed by atoms with Crippen LogP contribution in [-0.2, 0) is 0 Å². The van der Waals surface area contributed by atoms with Gasteiger partial charge in [0.05, 0.1) is 11.1 Å². The molecule has 0 unspecified atom stereocenters. The Morgan fingerprint density at radius 1 is 1.00 bits per heavy atom. The van der Waals surface area contributed by atoms with E-state index >= 15 is 0 Å². The number of hydrogen-bond acceptors (Lipinski definition) is 3. The average Bonchev–Trinajstić information content (AvgIpc) is 2.55. The van der Waals surface area contributed by atoms with Crippen molar-refractivity contribution in [2.24, 2.45) is 0 Å². The van der Waals surface area contributed by atoms with E-state index in [0.717, 1.165) is 17.3 Å². The van der Waals surface area contributed by atoms with E-state index in [2.05, 4.69) is 11.2 Å². The van der Waals surface area contributed by atoms with Gasteiger partial charge >= 0.3 is 11.9 Å². The minimum atomic E-state index is -1.13. The summed E-state index contributed by atoms with van der Waals surface area (Å²) in [6.45, 7) is 0. The Kier molecular flexibility index (Phi) is 6.20. The van der Waals surface area contributed by atoms with E-state index in [9.17, 15) is 9.59 Å². The highest BCUT2D eigenvalue weighted by atomic mass is 16.4. The highest BCUT2D eigenvalue weighted by Crippen LogP contribution is 2.06. The zero-order valence-corrected chi connectivity index (χ0v) is 11.9. The number of terminal acetylenes is 1. The Balaban J connectivity index is 0.000000224. The van der Waals surface area contributed by atoms with Gasteiger partial charge in [-0.3, -0.25) is 0 Å². The Hall–Kier alpha value is -3.26. The van der Waals surface area contributed by atoms with E-state index in [4.69, 9.17) is 16.6 Å². The number of anilines is 1. The van der Waals surface area contributed by atoms with Crippen LogP contribution in [-0.4, -0.2) is 29.2 Å². The second-order valence-electron chi connectivity index (χ2n) is 4.16. The molecule has 0 fully saturated rings. The van der Waals surface area contributed by atoms with Crippen molar-refractivity contribution in [3.63, 3.8) is 0 Å². The summed E-state index contributed by atoms with van der Waals surface area (Å²) in [5.74, 6) is 0.297. The first-order valence-corrected chi connectivity index (χ1v) is 6.29. The number of rotatable bonds is 3. The highest BCUT2D eigenvalue weighted by Gasteiger charge is 2.06. The van der Waals surface area contributed by atoms with Gasteiger partial charge in [0.25, 0.3) is 0 Å². The molecule has 0 saturated carbocycles. The lowest BCUT2D eigenvalue weighted by Gasteiger charge is -1.97. The molecule has 0 aliphatic heterocycles. The third-order valence-corrected chi connectivity index (χ3v) is 2.70. The van der Waals surface area contributed by atoms with Crippen molar-refractivity contribution in [2.75, 3.05) is 12.4 Å². The quantitative estimate of drug-likeness (QED) is 0.758. The van der Waals surface area contributed by atoms with Gasteiger partial charge in [-0.15, -0.1) is 6.42 Å². The lowest BCUT2D eigenvalue weighted by molar-refractivity contribution is 0.0696. The molecular formula is C17H15NO4. The van der Waals surface area contributed by atoms with E-state index in [-0.39, 0.29) is 11.1 Å². The maximum atomic E-state index is 10.4. The Bertz CT molecular complexity index is 670. The standard InChI is InChI=1S/C9H9N.C8H6O4/c1-3-8-4-6-9(10-2)7-5-8;9-7(10)5-2-1-3-6(4-5)8(11)12/h1,4-7,10H,2H3;1-4H,(H,9,10)(H,11,12). The van der Waals surface area contributed by atoms with Crippen LogP contribution in [0.15, 0.2) is 48.5 Å². The molecule has 0 bridgehead atoms. The highest BCUT2D eigenvalue weighted by molar-refractivity contribution is 5.93. The van der Waals surface area contributed by atoms with Gasteiger partial charge in [0.1, 0.15) is 0 Å². The minimum Gasteiger partial charge on any atom is -0.478 e. The van der Waals surface area contributed by atoms with Gasteiger partial charge in [0, 0.05) is 18.3 Å². The third-order valence-electron chi connectivity index (χ3n) is 2.70. The van der Waals surface area contributed by atoms with Crippen LogP contribution in [0.4, 0.5) is 5.69 Å². The second-order valence-corrected chi connectivity index (χ2v) is 4.16. The number of carboxylic acids is 2. The van der Waals surface area contributed by atoms with E-state index < -0.39 is 11.9 Å². The molecule has 0 heterocycles. The molecule has 0 aliphatic rings. The first-order chi connectivity index (χ1) is 10.5. The third kappa shape index (κ3) is 5.02. The van der Waals surface area contributed by atoms with Crippen molar-refractivity contribution in [3.05, 3.63) is 65.2 Å². The SMILES string of the molecule is C#Cc1ccc(NC)cc1.O=C(O)c1cccc(C(=O)O)c1. The molecule has 0 aliphatic carbocycles. The molecule has 22 heavy (non-hydrogen) atoms. The summed E-state index contributed by atoms with van der Waals surface area (Å²) < 4.78 is 0. The molecule has 2 aromatic carbocycles. The fraction of sp³-hybridized carbons (Fsp3) is 0.0588. The molecule has 0 radical (unpaired) electrons. The predicted molar refractivity (Wildman–Crippen MR) is 84.3 cm³/mol. The Morgan fingerprint density at radius 3 is 1.86 bits per heavy atom. The van der Waals surface area contributed by atoms with Crippen LogP contribution >= 0.6 is 0 Å². The van der Waals surface area contributed by atoms with Crippen molar-refractivity contribution in [3.8, 4) is 12.3 Å². The van der Waals surface area contributed by atoms with Gasteiger partial charge in [-0.1, -0.05) is 12.0 Å². The van der Waals surface area contributed by atoms with Gasteiger partial charge < -0.3 is 15.5 Å². The second kappa shape index (κ2) is 8.12. The summed E-state index contributed by atoms with van der Waals surface area (Å²) in [5.41, 5.74) is 1.96. The number of carbonyl (C=O) groups is 2. The number of hydrogen-bond donors (Lipinski definition) is 3. The molecule has 0 amide bonds. The number of nitrogens with one attached hydrogen (secondary N) is 1. The first kappa shape index (κ1) is 16.8. The Morgan fingerprint density at radius 2 is 1.50 bits per heavy atom. The van der Waals surface area contributed by atoms with E-state index in [1.807, 2.05) is 31.3 Å². The first-order valence-electron chi connectivity index (χ1n) is 6.29. The fourth-order valence-corrected chi connectivity index (χ4v) is 1.52. The van der Waals surface area contributed by atoms with Gasteiger partial charge in [-0.2, -0.15) is 0 Å². The lowest BCUT2D eigenvalue weighted by atomic mass is 10.1. The largest absolute Gasteiger partial charge is 0.478 e. The van der Waals surface area contributed by atoms with Crippen molar-refractivity contribution >= 4 is 17.6 Å². The van der Waals surface area contributed by atoms with Crippen LogP contribution in [0.1, 0.15) is 26.3 Å². The summed E-state index contributed by atoms with van der Waals surface area (Å²) in [4.78, 5) is 20.8. The molecule has 5 heteroatoms. The molecule has 5 nitrogen and oxygen atoms in total. The van der Waals surface area contributed by atoms with E-state index in [1.54, 1.807) is 0 Å². The van der Waals surface area contributed by atoms with Crippen LogP contribution in [0.2, 0.25) is 0 Å². The van der Waals surface area contributed by atoms with Crippen LogP contribution in [0.25, 0.3) is 0 Å². The smallest absolute Gasteiger partial charge is 0.335 e. The van der Waals surface area contributed by atoms with Crippen molar-refractivity contribution < 1.29 is 19.8 Å². The van der Waals surface area contributed by atoms with Gasteiger partial charge in [0.15, 0.2) is 0 Å². The Labute approximate surface area is 128 Å². The molecule has 112 valence electrons. The molecule has 0 spiro atoms. The maximum absolute atomic E-state index is 10.4. The lowest BCUT2D eigenvalue weighted by Crippen LogP contribution is -2.01. The summed E-state index contributed by atoms with van der Waals surface area (Å²) in [7, 11) is 1.88. The van der Waals surface area contributed by atoms with Gasteiger partial charge in [0.2, 0.25) is 0 Å². The van der Waals surface area contributed by atoms with Crippen LogP contribution in [0.5, 0.6) is 0 Å². The van der Waals surface area contributed by atoms with Gasteiger partial charge in [-0.05, 0) is 42.5 Å². The summed E-state index contributed by atoms with van der Waals surface area (Å²) in [6, 6.07) is 12.9.